The number of aromatic nitrogens is 1. The van der Waals surface area contributed by atoms with Crippen LogP contribution in [0.3, 0.4) is 0 Å². The quantitative estimate of drug-likeness (QED) is 0.822. The van der Waals surface area contributed by atoms with Crippen LogP contribution in [0.5, 0.6) is 0 Å². The molecule has 1 saturated heterocycles. The van der Waals surface area contributed by atoms with Crippen molar-refractivity contribution in [1.29, 1.82) is 0 Å². The fourth-order valence-corrected chi connectivity index (χ4v) is 2.21. The molecule has 0 bridgehead atoms. The lowest BCUT2D eigenvalue weighted by Gasteiger charge is -2.31. The van der Waals surface area contributed by atoms with Crippen LogP contribution in [0.4, 0.5) is 11.7 Å². The summed E-state index contributed by atoms with van der Waals surface area (Å²) in [5.74, 6) is 0. The SMILES string of the molecule is CCC1CN(c2nc3cc(N)ccc3o2)CCO1. The Kier molecular flexibility index (Phi) is 2.83. The molecular formula is C13H17N3O2. The lowest BCUT2D eigenvalue weighted by atomic mass is 10.2. The van der Waals surface area contributed by atoms with Gasteiger partial charge in [0.05, 0.1) is 12.7 Å². The third-order valence-electron chi connectivity index (χ3n) is 3.26. The lowest BCUT2D eigenvalue weighted by molar-refractivity contribution is 0.0368. The van der Waals surface area contributed by atoms with Crippen LogP contribution in [0.1, 0.15) is 13.3 Å². The van der Waals surface area contributed by atoms with Gasteiger partial charge >= 0.3 is 0 Å². The average Bonchev–Trinajstić information content (AvgIpc) is 2.81. The Labute approximate surface area is 106 Å². The summed E-state index contributed by atoms with van der Waals surface area (Å²) < 4.78 is 11.4. The Morgan fingerprint density at radius 1 is 1.50 bits per heavy atom. The first kappa shape index (κ1) is 11.3. The minimum Gasteiger partial charge on any atom is -0.423 e. The van der Waals surface area contributed by atoms with E-state index >= 15 is 0 Å². The predicted octanol–water partition coefficient (Wildman–Crippen LogP) is 2.03. The molecule has 1 aliphatic heterocycles. The third-order valence-corrected chi connectivity index (χ3v) is 3.26. The van der Waals surface area contributed by atoms with E-state index < -0.39 is 0 Å². The van der Waals surface area contributed by atoms with Crippen LogP contribution in [0, 0.1) is 0 Å². The largest absolute Gasteiger partial charge is 0.423 e. The molecule has 96 valence electrons. The minimum atomic E-state index is 0.263. The fraction of sp³-hybridized carbons (Fsp3) is 0.462. The first-order chi connectivity index (χ1) is 8.76. The van der Waals surface area contributed by atoms with Gasteiger partial charge in [-0.3, -0.25) is 0 Å². The molecule has 1 atom stereocenters. The van der Waals surface area contributed by atoms with E-state index in [2.05, 4.69) is 16.8 Å². The zero-order valence-electron chi connectivity index (χ0n) is 10.4. The molecule has 2 heterocycles. The second kappa shape index (κ2) is 4.49. The third kappa shape index (κ3) is 2.01. The van der Waals surface area contributed by atoms with Gasteiger partial charge in [-0.2, -0.15) is 4.98 Å². The Morgan fingerprint density at radius 2 is 2.39 bits per heavy atom. The molecule has 0 amide bonds. The summed E-state index contributed by atoms with van der Waals surface area (Å²) in [7, 11) is 0. The first-order valence-electron chi connectivity index (χ1n) is 6.29. The van der Waals surface area contributed by atoms with Crippen LogP contribution in [-0.2, 0) is 4.74 Å². The van der Waals surface area contributed by atoms with Crippen molar-refractivity contribution in [1.82, 2.24) is 4.98 Å². The maximum Gasteiger partial charge on any atom is 0.298 e. The Balaban J connectivity index is 1.89. The topological polar surface area (TPSA) is 64.5 Å². The van der Waals surface area contributed by atoms with Gasteiger partial charge in [0.25, 0.3) is 6.01 Å². The smallest absolute Gasteiger partial charge is 0.298 e. The number of nitrogen functional groups attached to an aromatic ring is 1. The van der Waals surface area contributed by atoms with Crippen LogP contribution in [0.2, 0.25) is 0 Å². The zero-order chi connectivity index (χ0) is 12.5. The van der Waals surface area contributed by atoms with Crippen molar-refractivity contribution in [2.24, 2.45) is 0 Å². The molecule has 1 aromatic carbocycles. The van der Waals surface area contributed by atoms with Crippen molar-refractivity contribution in [3.8, 4) is 0 Å². The van der Waals surface area contributed by atoms with Crippen LogP contribution in [-0.4, -0.2) is 30.8 Å². The Bertz CT molecular complexity index is 552. The number of oxazole rings is 1. The summed E-state index contributed by atoms with van der Waals surface area (Å²) in [6.07, 6.45) is 1.27. The number of fused-ring (bicyclic) bond motifs is 1. The molecule has 1 unspecified atom stereocenters. The molecular weight excluding hydrogens is 230 g/mol. The lowest BCUT2D eigenvalue weighted by Crippen LogP contribution is -2.42. The number of hydrogen-bond donors (Lipinski definition) is 1. The number of hydrogen-bond acceptors (Lipinski definition) is 5. The van der Waals surface area contributed by atoms with E-state index in [9.17, 15) is 0 Å². The maximum absolute atomic E-state index is 5.76. The second-order valence-electron chi connectivity index (χ2n) is 4.57. The summed E-state index contributed by atoms with van der Waals surface area (Å²) in [5, 5.41) is 0. The van der Waals surface area contributed by atoms with E-state index in [4.69, 9.17) is 14.9 Å². The van der Waals surface area contributed by atoms with Crippen molar-refractivity contribution in [3.63, 3.8) is 0 Å². The number of nitrogens with two attached hydrogens (primary N) is 1. The normalized spacial score (nSPS) is 20.5. The molecule has 1 aromatic heterocycles. The number of nitrogens with zero attached hydrogens (tertiary/aromatic N) is 2. The van der Waals surface area contributed by atoms with Gasteiger partial charge < -0.3 is 19.8 Å². The number of ether oxygens (including phenoxy) is 1. The zero-order valence-corrected chi connectivity index (χ0v) is 10.4. The predicted molar refractivity (Wildman–Crippen MR) is 70.7 cm³/mol. The molecule has 0 radical (unpaired) electrons. The Hall–Kier alpha value is -1.75. The summed E-state index contributed by atoms with van der Waals surface area (Å²) >= 11 is 0. The van der Waals surface area contributed by atoms with Gasteiger partial charge in [0.1, 0.15) is 5.52 Å². The standard InChI is InChI=1S/C13H17N3O2/c1-2-10-8-16(5-6-17-10)13-15-11-7-9(14)3-4-12(11)18-13/h3-4,7,10H,2,5-6,8,14H2,1H3. The molecule has 2 aromatic rings. The van der Waals surface area contributed by atoms with Crippen molar-refractivity contribution in [2.45, 2.75) is 19.4 Å². The van der Waals surface area contributed by atoms with Crippen molar-refractivity contribution >= 4 is 22.8 Å². The van der Waals surface area contributed by atoms with E-state index in [1.165, 1.54) is 0 Å². The molecule has 2 N–H and O–H groups in total. The van der Waals surface area contributed by atoms with Gasteiger partial charge in [-0.05, 0) is 24.6 Å². The second-order valence-corrected chi connectivity index (χ2v) is 4.57. The highest BCUT2D eigenvalue weighted by Crippen LogP contribution is 2.25. The molecule has 0 saturated carbocycles. The maximum atomic E-state index is 5.76. The van der Waals surface area contributed by atoms with E-state index in [1.54, 1.807) is 0 Å². The van der Waals surface area contributed by atoms with Gasteiger partial charge in [0.2, 0.25) is 0 Å². The summed E-state index contributed by atoms with van der Waals surface area (Å²) in [5.41, 5.74) is 8.03. The van der Waals surface area contributed by atoms with Gasteiger partial charge in [0, 0.05) is 18.8 Å². The summed E-state index contributed by atoms with van der Waals surface area (Å²) in [6.45, 7) is 4.50. The minimum absolute atomic E-state index is 0.263. The van der Waals surface area contributed by atoms with E-state index in [1.807, 2.05) is 18.2 Å². The summed E-state index contributed by atoms with van der Waals surface area (Å²) in [4.78, 5) is 6.62. The number of morpholine rings is 1. The molecule has 5 heteroatoms. The monoisotopic (exact) mass is 247 g/mol. The average molecular weight is 247 g/mol. The molecule has 1 fully saturated rings. The van der Waals surface area contributed by atoms with Crippen molar-refractivity contribution in [3.05, 3.63) is 18.2 Å². The number of anilines is 2. The van der Waals surface area contributed by atoms with E-state index in [-0.39, 0.29) is 6.10 Å². The van der Waals surface area contributed by atoms with Gasteiger partial charge in [-0.1, -0.05) is 6.92 Å². The highest BCUT2D eigenvalue weighted by atomic mass is 16.5. The Morgan fingerprint density at radius 3 is 3.22 bits per heavy atom. The highest BCUT2D eigenvalue weighted by Gasteiger charge is 2.22. The van der Waals surface area contributed by atoms with E-state index in [0.29, 0.717) is 11.7 Å². The number of rotatable bonds is 2. The molecule has 18 heavy (non-hydrogen) atoms. The fourth-order valence-electron chi connectivity index (χ4n) is 2.21. The van der Waals surface area contributed by atoms with Crippen LogP contribution in [0.15, 0.2) is 22.6 Å². The van der Waals surface area contributed by atoms with E-state index in [0.717, 1.165) is 37.2 Å². The van der Waals surface area contributed by atoms with Gasteiger partial charge in [-0.15, -0.1) is 0 Å². The van der Waals surface area contributed by atoms with Gasteiger partial charge in [-0.25, -0.2) is 0 Å². The van der Waals surface area contributed by atoms with Crippen LogP contribution in [0.25, 0.3) is 11.1 Å². The molecule has 3 rings (SSSR count). The van der Waals surface area contributed by atoms with Crippen LogP contribution >= 0.6 is 0 Å². The van der Waals surface area contributed by atoms with Crippen molar-refractivity contribution < 1.29 is 9.15 Å². The molecule has 0 spiro atoms. The van der Waals surface area contributed by atoms with Gasteiger partial charge in [0.15, 0.2) is 5.58 Å². The first-order valence-corrected chi connectivity index (χ1v) is 6.29. The molecule has 1 aliphatic rings. The molecule has 0 aliphatic carbocycles. The summed E-state index contributed by atoms with van der Waals surface area (Å²) in [6, 6.07) is 6.18. The number of benzene rings is 1. The highest BCUT2D eigenvalue weighted by molar-refractivity contribution is 5.78. The molecule has 5 nitrogen and oxygen atoms in total. The van der Waals surface area contributed by atoms with Crippen LogP contribution < -0.4 is 10.6 Å². The van der Waals surface area contributed by atoms with Crippen molar-refractivity contribution in [2.75, 3.05) is 30.3 Å².